The molecule has 0 unspecified atom stereocenters. The van der Waals surface area contributed by atoms with Gasteiger partial charge in [-0.2, -0.15) is 26.3 Å². The van der Waals surface area contributed by atoms with Crippen molar-refractivity contribution in [1.82, 2.24) is 24.8 Å². The first-order chi connectivity index (χ1) is 14.1. The van der Waals surface area contributed by atoms with Crippen LogP contribution in [0.3, 0.4) is 0 Å². The molecule has 3 aromatic heterocycles. The van der Waals surface area contributed by atoms with Gasteiger partial charge in [-0.25, -0.2) is 9.50 Å². The smallest absolute Gasteiger partial charge is 0.346 e. The van der Waals surface area contributed by atoms with E-state index in [0.717, 1.165) is 47.9 Å². The van der Waals surface area contributed by atoms with Crippen LogP contribution < -0.4 is 0 Å². The molecule has 1 aliphatic carbocycles. The average Bonchev–Trinajstić information content (AvgIpc) is 3.29. The van der Waals surface area contributed by atoms with E-state index in [9.17, 15) is 26.3 Å². The second-order valence-corrected chi connectivity index (χ2v) is 8.04. The van der Waals surface area contributed by atoms with E-state index < -0.39 is 24.7 Å². The molecule has 3 heterocycles. The number of halogens is 6. The van der Waals surface area contributed by atoms with Gasteiger partial charge in [0.05, 0.1) is 5.69 Å². The van der Waals surface area contributed by atoms with E-state index in [1.165, 1.54) is 0 Å². The molecule has 30 heavy (non-hydrogen) atoms. The monoisotopic (exact) mass is 433 g/mol. The molecule has 0 aromatic carbocycles. The molecule has 164 valence electrons. The van der Waals surface area contributed by atoms with Gasteiger partial charge < -0.3 is 4.98 Å². The molecule has 3 aromatic rings. The molecule has 0 bridgehead atoms. The van der Waals surface area contributed by atoms with Gasteiger partial charge in [-0.3, -0.25) is 0 Å². The molecule has 1 N–H and O–H groups in total. The van der Waals surface area contributed by atoms with E-state index in [1.54, 1.807) is 17.0 Å². The van der Waals surface area contributed by atoms with Crippen LogP contribution in [0.4, 0.5) is 26.3 Å². The van der Waals surface area contributed by atoms with Crippen LogP contribution in [0.1, 0.15) is 56.6 Å². The minimum absolute atomic E-state index is 0.0797. The van der Waals surface area contributed by atoms with Crippen molar-refractivity contribution in [3.63, 3.8) is 0 Å². The number of hydrogen-bond acceptors (Lipinski definition) is 3. The van der Waals surface area contributed by atoms with Crippen molar-refractivity contribution in [2.45, 2.75) is 63.2 Å². The fourth-order valence-electron chi connectivity index (χ4n) is 4.54. The second kappa shape index (κ2) is 7.73. The molecule has 5 nitrogen and oxygen atoms in total. The highest BCUT2D eigenvalue weighted by Gasteiger charge is 2.55. The Balaban J connectivity index is 1.36. The third kappa shape index (κ3) is 4.11. The van der Waals surface area contributed by atoms with Crippen LogP contribution in [0, 0.1) is 11.8 Å². The molecule has 0 amide bonds. The standard InChI is InChI=1S/C19H21F6N5/c20-18(21,22)14(19(23,24)25)3-1-2-11-4-6-12(7-5-11)15-16-13-8-9-26-17(13)27-10-30(16)29-28-15/h8-12,14,26H,1-7H2. The lowest BCUT2D eigenvalue weighted by atomic mass is 9.78. The van der Waals surface area contributed by atoms with E-state index in [-0.39, 0.29) is 18.3 Å². The summed E-state index contributed by atoms with van der Waals surface area (Å²) in [7, 11) is 0. The number of fused-ring (bicyclic) bond motifs is 3. The summed E-state index contributed by atoms with van der Waals surface area (Å²) in [6.45, 7) is 0. The van der Waals surface area contributed by atoms with Crippen molar-refractivity contribution in [2.75, 3.05) is 0 Å². The van der Waals surface area contributed by atoms with Gasteiger partial charge in [-0.15, -0.1) is 5.10 Å². The highest BCUT2D eigenvalue weighted by molar-refractivity contribution is 5.92. The Kier molecular flexibility index (Phi) is 5.39. The Morgan fingerprint density at radius 2 is 1.77 bits per heavy atom. The lowest BCUT2D eigenvalue weighted by molar-refractivity contribution is -0.286. The predicted octanol–water partition coefficient (Wildman–Crippen LogP) is 5.79. The normalized spacial score (nSPS) is 21.2. The van der Waals surface area contributed by atoms with Crippen molar-refractivity contribution in [1.29, 1.82) is 0 Å². The summed E-state index contributed by atoms with van der Waals surface area (Å²) in [4.78, 5) is 7.32. The summed E-state index contributed by atoms with van der Waals surface area (Å²) < 4.78 is 77.6. The molecule has 1 aliphatic rings. The second-order valence-electron chi connectivity index (χ2n) is 8.04. The van der Waals surface area contributed by atoms with Gasteiger partial charge in [0.15, 0.2) is 5.92 Å². The Labute approximate surface area is 167 Å². The molecule has 1 saturated carbocycles. The minimum Gasteiger partial charge on any atom is -0.346 e. The summed E-state index contributed by atoms with van der Waals surface area (Å²) in [5, 5.41) is 9.38. The number of alkyl halides is 6. The van der Waals surface area contributed by atoms with Crippen LogP contribution in [0.15, 0.2) is 18.6 Å². The van der Waals surface area contributed by atoms with Gasteiger partial charge in [-0.05, 0) is 44.1 Å². The molecular formula is C19H21F6N5. The largest absolute Gasteiger partial charge is 0.400 e. The third-order valence-corrected chi connectivity index (χ3v) is 6.13. The predicted molar refractivity (Wildman–Crippen MR) is 96.8 cm³/mol. The van der Waals surface area contributed by atoms with Crippen LogP contribution in [-0.2, 0) is 0 Å². The number of aromatic amines is 1. The Hall–Kier alpha value is -2.33. The highest BCUT2D eigenvalue weighted by atomic mass is 19.4. The number of nitrogens with one attached hydrogen (secondary N) is 1. The maximum Gasteiger partial charge on any atom is 0.400 e. The number of hydrogen-bond donors (Lipinski definition) is 1. The van der Waals surface area contributed by atoms with Crippen molar-refractivity contribution < 1.29 is 26.3 Å². The Bertz CT molecular complexity index is 982. The molecule has 0 spiro atoms. The zero-order valence-electron chi connectivity index (χ0n) is 16.0. The minimum atomic E-state index is -5.25. The summed E-state index contributed by atoms with van der Waals surface area (Å²) in [6, 6.07) is 1.91. The van der Waals surface area contributed by atoms with E-state index in [4.69, 9.17) is 0 Å². The molecule has 11 heteroatoms. The maximum absolute atomic E-state index is 12.7. The highest BCUT2D eigenvalue weighted by Crippen LogP contribution is 2.44. The molecule has 4 rings (SSSR count). The number of nitrogens with zero attached hydrogens (tertiary/aromatic N) is 4. The maximum atomic E-state index is 12.7. The summed E-state index contributed by atoms with van der Waals surface area (Å²) in [5.74, 6) is -2.93. The molecule has 0 aliphatic heterocycles. The molecule has 1 fully saturated rings. The first kappa shape index (κ1) is 20.9. The van der Waals surface area contributed by atoms with Crippen LogP contribution in [-0.4, -0.2) is 37.1 Å². The zero-order valence-corrected chi connectivity index (χ0v) is 16.0. The quantitative estimate of drug-likeness (QED) is 0.518. The van der Waals surface area contributed by atoms with Crippen molar-refractivity contribution in [2.24, 2.45) is 11.8 Å². The average molecular weight is 433 g/mol. The molecule has 0 atom stereocenters. The first-order valence-electron chi connectivity index (χ1n) is 9.95. The van der Waals surface area contributed by atoms with Crippen LogP contribution in [0.25, 0.3) is 16.6 Å². The van der Waals surface area contributed by atoms with Crippen LogP contribution in [0.2, 0.25) is 0 Å². The molecule has 0 radical (unpaired) electrons. The van der Waals surface area contributed by atoms with Gasteiger partial charge in [0, 0.05) is 17.5 Å². The number of aromatic nitrogens is 5. The SMILES string of the molecule is FC(F)(F)C(CCCC1CCC(c2nnn3cnc4[nH]ccc4c23)CC1)C(F)(F)F. The topological polar surface area (TPSA) is 58.9 Å². The number of H-pyrrole nitrogens is 1. The lowest BCUT2D eigenvalue weighted by Gasteiger charge is -2.28. The van der Waals surface area contributed by atoms with E-state index in [1.807, 2.05) is 6.07 Å². The van der Waals surface area contributed by atoms with Crippen molar-refractivity contribution >= 4 is 16.6 Å². The van der Waals surface area contributed by atoms with Crippen LogP contribution in [0.5, 0.6) is 0 Å². The number of rotatable bonds is 5. The summed E-state index contributed by atoms with van der Waals surface area (Å²) in [6.07, 6.45) is -4.62. The zero-order chi connectivity index (χ0) is 21.5. The lowest BCUT2D eigenvalue weighted by Crippen LogP contribution is -2.36. The van der Waals surface area contributed by atoms with Gasteiger partial charge in [0.25, 0.3) is 0 Å². The fraction of sp³-hybridized carbons (Fsp3) is 0.632. The van der Waals surface area contributed by atoms with Gasteiger partial charge in [-0.1, -0.05) is 18.1 Å². The van der Waals surface area contributed by atoms with Gasteiger partial charge in [0.1, 0.15) is 17.5 Å². The van der Waals surface area contributed by atoms with Gasteiger partial charge in [0.2, 0.25) is 0 Å². The van der Waals surface area contributed by atoms with Crippen LogP contribution >= 0.6 is 0 Å². The Morgan fingerprint density at radius 3 is 2.43 bits per heavy atom. The molecular weight excluding hydrogens is 412 g/mol. The molecule has 0 saturated heterocycles. The Morgan fingerprint density at radius 1 is 1.07 bits per heavy atom. The van der Waals surface area contributed by atoms with Gasteiger partial charge >= 0.3 is 12.4 Å². The third-order valence-electron chi connectivity index (χ3n) is 6.13. The van der Waals surface area contributed by atoms with Crippen molar-refractivity contribution in [3.8, 4) is 0 Å². The van der Waals surface area contributed by atoms with E-state index in [2.05, 4.69) is 20.3 Å². The fourth-order valence-corrected chi connectivity index (χ4v) is 4.54. The van der Waals surface area contributed by atoms with E-state index >= 15 is 0 Å². The summed E-state index contributed by atoms with van der Waals surface area (Å²) in [5.41, 5.74) is 2.50. The van der Waals surface area contributed by atoms with E-state index in [0.29, 0.717) is 6.42 Å². The summed E-state index contributed by atoms with van der Waals surface area (Å²) >= 11 is 0. The van der Waals surface area contributed by atoms with Crippen molar-refractivity contribution in [3.05, 3.63) is 24.3 Å². The first-order valence-corrected chi connectivity index (χ1v) is 9.95.